The highest BCUT2D eigenvalue weighted by Crippen LogP contribution is 2.23. The van der Waals surface area contributed by atoms with Gasteiger partial charge in [0.2, 0.25) is 0 Å². The summed E-state index contributed by atoms with van der Waals surface area (Å²) in [5.41, 5.74) is 0.840. The Bertz CT molecular complexity index is 482. The Balaban J connectivity index is 1.97. The van der Waals surface area contributed by atoms with Crippen LogP contribution in [-0.4, -0.2) is 17.8 Å². The van der Waals surface area contributed by atoms with E-state index in [0.29, 0.717) is 6.54 Å². The van der Waals surface area contributed by atoms with Gasteiger partial charge in [-0.3, -0.25) is 0 Å². The minimum absolute atomic E-state index is 0.278. The largest absolute Gasteiger partial charge is 0.417 e. The van der Waals surface area contributed by atoms with E-state index in [1.807, 2.05) is 37.4 Å². The molecule has 96 valence electrons. The predicted octanol–water partition coefficient (Wildman–Crippen LogP) is 3.30. The molecule has 1 aromatic carbocycles. The molecule has 4 nitrogen and oxygen atoms in total. The summed E-state index contributed by atoms with van der Waals surface area (Å²) >= 11 is 1.69. The third-order valence-electron chi connectivity index (χ3n) is 2.35. The van der Waals surface area contributed by atoms with Crippen LogP contribution in [0.5, 0.6) is 11.8 Å². The molecule has 0 saturated heterocycles. The van der Waals surface area contributed by atoms with Crippen molar-refractivity contribution in [2.75, 3.05) is 12.8 Å². The maximum absolute atomic E-state index is 5.52. The van der Waals surface area contributed by atoms with Crippen LogP contribution in [0.4, 0.5) is 0 Å². The van der Waals surface area contributed by atoms with Crippen molar-refractivity contribution in [2.24, 2.45) is 0 Å². The molecule has 0 saturated carbocycles. The Labute approximate surface area is 111 Å². The molecule has 1 aromatic heterocycles. The van der Waals surface area contributed by atoms with E-state index >= 15 is 0 Å². The summed E-state index contributed by atoms with van der Waals surface area (Å²) in [6, 6.07) is 7.81. The summed E-state index contributed by atoms with van der Waals surface area (Å²) < 4.78 is 10.8. The zero-order chi connectivity index (χ0) is 12.8. The standard InChI is InChI=1S/C13H16N2O2S/c1-3-14-8-10-9-16-13(15-10)17-11-4-6-12(18-2)7-5-11/h4-7,9,14H,3,8H2,1-2H3. The molecule has 0 aliphatic rings. The van der Waals surface area contributed by atoms with Gasteiger partial charge >= 0.3 is 6.08 Å². The lowest BCUT2D eigenvalue weighted by molar-refractivity contribution is 0.330. The van der Waals surface area contributed by atoms with E-state index in [1.165, 1.54) is 4.90 Å². The van der Waals surface area contributed by atoms with E-state index in [4.69, 9.17) is 9.15 Å². The number of nitrogens with one attached hydrogen (secondary N) is 1. The molecule has 2 aromatic rings. The van der Waals surface area contributed by atoms with Crippen molar-refractivity contribution in [3.63, 3.8) is 0 Å². The van der Waals surface area contributed by atoms with Crippen LogP contribution in [0.2, 0.25) is 0 Å². The molecular weight excluding hydrogens is 248 g/mol. The first-order valence-corrected chi connectivity index (χ1v) is 7.01. The van der Waals surface area contributed by atoms with Gasteiger partial charge in [0, 0.05) is 11.4 Å². The van der Waals surface area contributed by atoms with Crippen LogP contribution < -0.4 is 10.1 Å². The van der Waals surface area contributed by atoms with Crippen LogP contribution in [0.25, 0.3) is 0 Å². The molecule has 0 spiro atoms. The van der Waals surface area contributed by atoms with Gasteiger partial charge in [-0.15, -0.1) is 11.8 Å². The summed E-state index contributed by atoms with van der Waals surface area (Å²) in [5, 5.41) is 3.18. The second-order valence-electron chi connectivity index (χ2n) is 3.66. The van der Waals surface area contributed by atoms with Crippen LogP contribution in [0.15, 0.2) is 39.8 Å². The average molecular weight is 264 g/mol. The van der Waals surface area contributed by atoms with Gasteiger partial charge in [-0.2, -0.15) is 4.98 Å². The number of rotatable bonds is 6. The average Bonchev–Trinajstić information content (AvgIpc) is 2.85. The maximum atomic E-state index is 5.52. The molecule has 0 bridgehead atoms. The van der Waals surface area contributed by atoms with E-state index in [-0.39, 0.29) is 6.08 Å². The normalized spacial score (nSPS) is 10.6. The van der Waals surface area contributed by atoms with Crippen molar-refractivity contribution in [3.8, 4) is 11.8 Å². The van der Waals surface area contributed by atoms with Gasteiger partial charge in [0.1, 0.15) is 12.0 Å². The molecule has 0 amide bonds. The summed E-state index contributed by atoms with van der Waals surface area (Å²) in [6.07, 6.45) is 3.92. The van der Waals surface area contributed by atoms with Crippen LogP contribution >= 0.6 is 11.8 Å². The van der Waals surface area contributed by atoms with Crippen molar-refractivity contribution < 1.29 is 9.15 Å². The lowest BCUT2D eigenvalue weighted by Gasteiger charge is -2.01. The molecular formula is C13H16N2O2S. The summed E-state index contributed by atoms with van der Waals surface area (Å²) in [5.74, 6) is 0.727. The highest BCUT2D eigenvalue weighted by atomic mass is 32.2. The SMILES string of the molecule is CCNCc1coc(Oc2ccc(SC)cc2)n1. The first-order chi connectivity index (χ1) is 8.81. The van der Waals surface area contributed by atoms with Crippen LogP contribution in [0.3, 0.4) is 0 Å². The van der Waals surface area contributed by atoms with Crippen molar-refractivity contribution in [3.05, 3.63) is 36.2 Å². The highest BCUT2D eigenvalue weighted by Gasteiger charge is 2.05. The van der Waals surface area contributed by atoms with Gasteiger partial charge in [0.05, 0.1) is 5.69 Å². The summed E-state index contributed by atoms with van der Waals surface area (Å²) in [4.78, 5) is 5.43. The molecule has 0 atom stereocenters. The minimum atomic E-state index is 0.278. The Morgan fingerprint density at radius 1 is 1.33 bits per heavy atom. The molecule has 1 N–H and O–H groups in total. The number of ether oxygens (including phenoxy) is 1. The second-order valence-corrected chi connectivity index (χ2v) is 4.54. The smallest absolute Gasteiger partial charge is 0.399 e. The zero-order valence-electron chi connectivity index (χ0n) is 10.5. The number of nitrogens with zero attached hydrogens (tertiary/aromatic N) is 1. The summed E-state index contributed by atoms with van der Waals surface area (Å²) in [6.45, 7) is 3.64. The van der Waals surface area contributed by atoms with Crippen LogP contribution in [0, 0.1) is 0 Å². The van der Waals surface area contributed by atoms with Gasteiger partial charge in [-0.05, 0) is 37.1 Å². The number of benzene rings is 1. The fraction of sp³-hybridized carbons (Fsp3) is 0.308. The van der Waals surface area contributed by atoms with E-state index in [0.717, 1.165) is 18.0 Å². The van der Waals surface area contributed by atoms with E-state index in [9.17, 15) is 0 Å². The van der Waals surface area contributed by atoms with Gasteiger partial charge < -0.3 is 14.5 Å². The van der Waals surface area contributed by atoms with Crippen molar-refractivity contribution in [2.45, 2.75) is 18.4 Å². The third kappa shape index (κ3) is 3.51. The van der Waals surface area contributed by atoms with Crippen LogP contribution in [-0.2, 0) is 6.54 Å². The molecule has 0 aliphatic heterocycles. The fourth-order valence-electron chi connectivity index (χ4n) is 1.41. The van der Waals surface area contributed by atoms with Gasteiger partial charge in [0.15, 0.2) is 0 Å². The van der Waals surface area contributed by atoms with Gasteiger partial charge in [-0.1, -0.05) is 6.92 Å². The van der Waals surface area contributed by atoms with Crippen molar-refractivity contribution in [1.82, 2.24) is 10.3 Å². The number of hydrogen-bond acceptors (Lipinski definition) is 5. The number of oxazole rings is 1. The van der Waals surface area contributed by atoms with E-state index in [2.05, 4.69) is 10.3 Å². The first-order valence-electron chi connectivity index (χ1n) is 5.79. The zero-order valence-corrected chi connectivity index (χ0v) is 11.3. The second kappa shape index (κ2) is 6.47. The summed E-state index contributed by atoms with van der Waals surface area (Å²) in [7, 11) is 0. The third-order valence-corrected chi connectivity index (χ3v) is 3.09. The quantitative estimate of drug-likeness (QED) is 0.811. The number of hydrogen-bond donors (Lipinski definition) is 1. The Kier molecular flexibility index (Phi) is 4.66. The van der Waals surface area contributed by atoms with Gasteiger partial charge in [0.25, 0.3) is 0 Å². The fourth-order valence-corrected chi connectivity index (χ4v) is 1.82. The monoisotopic (exact) mass is 264 g/mol. The van der Waals surface area contributed by atoms with Crippen molar-refractivity contribution >= 4 is 11.8 Å². The first kappa shape index (κ1) is 13.0. The minimum Gasteiger partial charge on any atom is -0.417 e. The van der Waals surface area contributed by atoms with E-state index < -0.39 is 0 Å². The lowest BCUT2D eigenvalue weighted by Crippen LogP contribution is -2.11. The molecule has 0 fully saturated rings. The number of thioether (sulfide) groups is 1. The number of aromatic nitrogens is 1. The lowest BCUT2D eigenvalue weighted by atomic mass is 10.3. The Morgan fingerprint density at radius 2 is 2.11 bits per heavy atom. The molecule has 0 unspecified atom stereocenters. The maximum Gasteiger partial charge on any atom is 0.399 e. The van der Waals surface area contributed by atoms with Crippen molar-refractivity contribution in [1.29, 1.82) is 0 Å². The molecule has 5 heteroatoms. The Morgan fingerprint density at radius 3 is 2.78 bits per heavy atom. The molecule has 2 rings (SSSR count). The van der Waals surface area contributed by atoms with Crippen LogP contribution in [0.1, 0.15) is 12.6 Å². The predicted molar refractivity (Wildman–Crippen MR) is 72.2 cm³/mol. The van der Waals surface area contributed by atoms with E-state index in [1.54, 1.807) is 18.0 Å². The molecule has 1 heterocycles. The topological polar surface area (TPSA) is 47.3 Å². The Hall–Kier alpha value is -1.46. The van der Waals surface area contributed by atoms with Gasteiger partial charge in [-0.25, -0.2) is 0 Å². The molecule has 0 radical (unpaired) electrons. The molecule has 18 heavy (non-hydrogen) atoms. The molecule has 0 aliphatic carbocycles. The highest BCUT2D eigenvalue weighted by molar-refractivity contribution is 7.98.